The number of allylic oxidation sites excluding steroid dienone is 1. The maximum absolute atomic E-state index is 13.7. The molecule has 0 amide bonds. The summed E-state index contributed by atoms with van der Waals surface area (Å²) in [5.74, 6) is -0.164. The number of non-ortho nitro benzene ring substituents is 1. The number of benzene rings is 2. The first-order valence-corrected chi connectivity index (χ1v) is 12.8. The molecule has 0 radical (unpaired) electrons. The van der Waals surface area contributed by atoms with Gasteiger partial charge in [0.2, 0.25) is 0 Å². The maximum Gasteiger partial charge on any atom is 0.338 e. The molecule has 0 N–H and O–H groups in total. The van der Waals surface area contributed by atoms with Crippen molar-refractivity contribution < 1.29 is 23.8 Å². The van der Waals surface area contributed by atoms with Crippen LogP contribution in [0.2, 0.25) is 0 Å². The number of hydrogen-bond donors (Lipinski definition) is 0. The van der Waals surface area contributed by atoms with Gasteiger partial charge in [-0.25, -0.2) is 9.79 Å². The summed E-state index contributed by atoms with van der Waals surface area (Å²) in [7, 11) is 0. The molecule has 0 spiro atoms. The van der Waals surface area contributed by atoms with Crippen molar-refractivity contribution in [2.45, 2.75) is 19.9 Å². The molecule has 2 aromatic carbocycles. The van der Waals surface area contributed by atoms with E-state index in [0.717, 1.165) is 11.3 Å². The van der Waals surface area contributed by atoms with E-state index in [1.54, 1.807) is 50.2 Å². The number of carbonyl (C=O) groups excluding carboxylic acids is 1. The Hall–Kier alpha value is -5.17. The van der Waals surface area contributed by atoms with Crippen LogP contribution in [0.25, 0.3) is 17.4 Å². The molecular weight excluding hydrogens is 540 g/mol. The monoisotopic (exact) mass is 560 g/mol. The summed E-state index contributed by atoms with van der Waals surface area (Å²) in [5.41, 5.74) is 0.220. The molecule has 1 unspecified atom stereocenters. The molecule has 40 heavy (non-hydrogen) atoms. The quantitative estimate of drug-likeness (QED) is 0.187. The van der Waals surface area contributed by atoms with Gasteiger partial charge in [0.25, 0.3) is 16.9 Å². The number of nitro groups is 2. The molecule has 0 fully saturated rings. The fourth-order valence-electron chi connectivity index (χ4n) is 4.46. The minimum atomic E-state index is -1.02. The van der Waals surface area contributed by atoms with E-state index in [2.05, 4.69) is 4.99 Å². The van der Waals surface area contributed by atoms with Gasteiger partial charge in [-0.15, -0.1) is 0 Å². The number of esters is 1. The number of rotatable bonds is 7. The normalized spacial score (nSPS) is 14.9. The van der Waals surface area contributed by atoms with Crippen LogP contribution in [0.4, 0.5) is 11.4 Å². The number of thiazole rings is 1. The van der Waals surface area contributed by atoms with E-state index >= 15 is 0 Å². The summed E-state index contributed by atoms with van der Waals surface area (Å²) in [6.07, 6.45) is 1.48. The van der Waals surface area contributed by atoms with Crippen LogP contribution in [0.15, 0.2) is 86.1 Å². The summed E-state index contributed by atoms with van der Waals surface area (Å²) in [4.78, 5) is 53.3. The van der Waals surface area contributed by atoms with E-state index in [9.17, 15) is 29.8 Å². The molecule has 13 heteroatoms. The Kier molecular flexibility index (Phi) is 6.96. The average molecular weight is 561 g/mol. The highest BCUT2D eigenvalue weighted by atomic mass is 32.1. The number of furan rings is 1. The van der Waals surface area contributed by atoms with Gasteiger partial charge in [-0.05, 0) is 37.6 Å². The lowest BCUT2D eigenvalue weighted by Gasteiger charge is -2.24. The second kappa shape index (κ2) is 10.5. The van der Waals surface area contributed by atoms with Crippen molar-refractivity contribution in [3.05, 3.63) is 123 Å². The van der Waals surface area contributed by atoms with Gasteiger partial charge < -0.3 is 9.15 Å². The van der Waals surface area contributed by atoms with E-state index in [0.29, 0.717) is 11.3 Å². The van der Waals surface area contributed by atoms with Gasteiger partial charge >= 0.3 is 5.97 Å². The number of hydrogen-bond acceptors (Lipinski definition) is 10. The Morgan fingerprint density at radius 1 is 1.12 bits per heavy atom. The zero-order chi connectivity index (χ0) is 28.6. The highest BCUT2D eigenvalue weighted by molar-refractivity contribution is 7.07. The van der Waals surface area contributed by atoms with Gasteiger partial charge in [-0.3, -0.25) is 29.6 Å². The number of aromatic nitrogens is 1. The molecule has 2 aromatic heterocycles. The highest BCUT2D eigenvalue weighted by Gasteiger charge is 2.34. The van der Waals surface area contributed by atoms with Crippen LogP contribution in [0.3, 0.4) is 0 Å². The third-order valence-electron chi connectivity index (χ3n) is 6.18. The second-order valence-corrected chi connectivity index (χ2v) is 9.64. The number of carbonyl (C=O) groups is 1. The molecule has 12 nitrogen and oxygen atoms in total. The number of para-hydroxylation sites is 1. The minimum Gasteiger partial charge on any atom is -0.463 e. The van der Waals surface area contributed by atoms with Crippen molar-refractivity contribution in [2.75, 3.05) is 6.61 Å². The fourth-order valence-corrected chi connectivity index (χ4v) is 5.49. The van der Waals surface area contributed by atoms with Crippen molar-refractivity contribution in [3.8, 4) is 11.3 Å². The van der Waals surface area contributed by atoms with Gasteiger partial charge in [0, 0.05) is 24.3 Å². The lowest BCUT2D eigenvalue weighted by molar-refractivity contribution is -0.385. The van der Waals surface area contributed by atoms with Crippen LogP contribution in [-0.4, -0.2) is 27.0 Å². The van der Waals surface area contributed by atoms with Crippen molar-refractivity contribution in [2.24, 2.45) is 4.99 Å². The summed E-state index contributed by atoms with van der Waals surface area (Å²) in [5, 5.41) is 22.9. The van der Waals surface area contributed by atoms with Crippen molar-refractivity contribution >= 4 is 34.8 Å². The summed E-state index contributed by atoms with van der Waals surface area (Å²) < 4.78 is 12.6. The predicted molar refractivity (Wildman–Crippen MR) is 144 cm³/mol. The Bertz CT molecular complexity index is 1900. The molecule has 0 bridgehead atoms. The molecule has 5 rings (SSSR count). The molecule has 1 atom stereocenters. The summed E-state index contributed by atoms with van der Waals surface area (Å²) >= 11 is 1.05. The van der Waals surface area contributed by atoms with E-state index in [1.165, 1.54) is 34.9 Å². The number of fused-ring (bicyclic) bond motifs is 1. The van der Waals surface area contributed by atoms with Crippen LogP contribution in [-0.2, 0) is 9.53 Å². The SMILES string of the molecule is CCOC(=O)C1=C(C)N=c2sc(=Cc3ccc(-c4ccccc4[N+](=O)[O-])o3)c(=O)n2C1c1cccc([N+](=O)[O-])c1. The Morgan fingerprint density at radius 3 is 2.62 bits per heavy atom. The van der Waals surface area contributed by atoms with Gasteiger partial charge in [0.1, 0.15) is 11.5 Å². The van der Waals surface area contributed by atoms with Gasteiger partial charge in [0.15, 0.2) is 4.80 Å². The smallest absolute Gasteiger partial charge is 0.338 e. The molecule has 0 saturated heterocycles. The maximum atomic E-state index is 13.7. The minimum absolute atomic E-state index is 0.0854. The second-order valence-electron chi connectivity index (χ2n) is 8.63. The molecule has 1 aliphatic rings. The fraction of sp³-hybridized carbons (Fsp3) is 0.148. The van der Waals surface area contributed by atoms with Crippen LogP contribution >= 0.6 is 11.3 Å². The Labute approximate surface area is 229 Å². The lowest BCUT2D eigenvalue weighted by atomic mass is 9.95. The third kappa shape index (κ3) is 4.73. The Morgan fingerprint density at radius 2 is 1.90 bits per heavy atom. The highest BCUT2D eigenvalue weighted by Crippen LogP contribution is 2.33. The topological polar surface area (TPSA) is 160 Å². The molecule has 3 heterocycles. The van der Waals surface area contributed by atoms with Crippen LogP contribution in [0.1, 0.15) is 31.2 Å². The molecular formula is C27H20N4O8S. The molecule has 4 aromatic rings. The number of ether oxygens (including phenoxy) is 1. The van der Waals surface area contributed by atoms with Gasteiger partial charge in [-0.2, -0.15) is 0 Å². The van der Waals surface area contributed by atoms with E-state index in [1.807, 2.05) is 0 Å². The summed E-state index contributed by atoms with van der Waals surface area (Å²) in [6.45, 7) is 3.34. The zero-order valence-corrected chi connectivity index (χ0v) is 21.9. The molecule has 202 valence electrons. The molecule has 1 aliphatic heterocycles. The zero-order valence-electron chi connectivity index (χ0n) is 21.1. The largest absolute Gasteiger partial charge is 0.463 e. The summed E-state index contributed by atoms with van der Waals surface area (Å²) in [6, 6.07) is 14.0. The first-order chi connectivity index (χ1) is 19.2. The third-order valence-corrected chi connectivity index (χ3v) is 7.16. The van der Waals surface area contributed by atoms with Crippen molar-refractivity contribution in [1.29, 1.82) is 0 Å². The number of nitro benzene ring substituents is 2. The van der Waals surface area contributed by atoms with Crippen LogP contribution < -0.4 is 14.9 Å². The van der Waals surface area contributed by atoms with Gasteiger partial charge in [0.05, 0.1) is 43.9 Å². The van der Waals surface area contributed by atoms with Crippen molar-refractivity contribution in [1.82, 2.24) is 4.57 Å². The standard InChI is InChI=1S/C27H20N4O8S/c1-3-38-26(33)23-15(2)28-27-29(24(23)16-7-6-8-17(13-16)30(34)35)25(32)22(40-27)14-18-11-12-21(39-18)19-9-4-5-10-20(19)31(36)37/h4-14,24H,3H2,1-2H3. The van der Waals surface area contributed by atoms with Gasteiger partial charge in [-0.1, -0.05) is 35.6 Å². The van der Waals surface area contributed by atoms with E-state index in [4.69, 9.17) is 9.15 Å². The number of nitrogens with zero attached hydrogens (tertiary/aromatic N) is 4. The first-order valence-electron chi connectivity index (χ1n) is 12.0. The van der Waals surface area contributed by atoms with E-state index < -0.39 is 27.4 Å². The van der Waals surface area contributed by atoms with Crippen molar-refractivity contribution in [3.63, 3.8) is 0 Å². The van der Waals surface area contributed by atoms with Crippen LogP contribution in [0, 0.1) is 20.2 Å². The Balaban J connectivity index is 1.66. The average Bonchev–Trinajstić information content (AvgIpc) is 3.52. The molecule has 0 aliphatic carbocycles. The van der Waals surface area contributed by atoms with Crippen LogP contribution in [0.5, 0.6) is 0 Å². The van der Waals surface area contributed by atoms with E-state index in [-0.39, 0.29) is 50.0 Å². The lowest BCUT2D eigenvalue weighted by Crippen LogP contribution is -2.39. The predicted octanol–water partition coefficient (Wildman–Crippen LogP) is 3.87. The first kappa shape index (κ1) is 26.4. The molecule has 0 saturated carbocycles.